The maximum absolute atomic E-state index is 13.7. The molecular formula is C32H35F3N2O7S. The maximum atomic E-state index is 13.7. The van der Waals surface area contributed by atoms with Crippen LogP contribution in [0.15, 0.2) is 89.8 Å². The number of aliphatic carboxylic acids is 1. The van der Waals surface area contributed by atoms with Crippen LogP contribution in [-0.2, 0) is 30.0 Å². The van der Waals surface area contributed by atoms with Crippen molar-refractivity contribution in [3.8, 4) is 0 Å². The van der Waals surface area contributed by atoms with Crippen LogP contribution in [0, 0.1) is 12.8 Å². The SMILES string of the molecule is Cc1ccc(S(=O)(=O)NCC[N+]23CCC(CC2)[C@@H](OC(=O)C(O)(c2ccccc2)c2ccccc2)C3)cc1.O=C([O-])C(F)(F)F. The fourth-order valence-electron chi connectivity index (χ4n) is 5.87. The molecule has 3 aliphatic rings. The number of piperidine rings is 3. The van der Waals surface area contributed by atoms with Crippen LogP contribution in [0.1, 0.15) is 29.5 Å². The third-order valence-corrected chi connectivity index (χ3v) is 9.90. The third kappa shape index (κ3) is 8.09. The summed E-state index contributed by atoms with van der Waals surface area (Å²) in [6, 6.07) is 24.6. The molecule has 0 radical (unpaired) electrons. The number of hydrogen-bond donors (Lipinski definition) is 2. The molecule has 3 aromatic rings. The Hall–Kier alpha value is -3.78. The summed E-state index contributed by atoms with van der Waals surface area (Å²) >= 11 is 0. The largest absolute Gasteiger partial charge is 0.542 e. The fraction of sp³-hybridized carbons (Fsp3) is 0.375. The minimum absolute atomic E-state index is 0.235. The smallest absolute Gasteiger partial charge is 0.430 e. The number of esters is 1. The number of hydrogen-bond acceptors (Lipinski definition) is 7. The van der Waals surface area contributed by atoms with Crippen molar-refractivity contribution in [1.29, 1.82) is 0 Å². The van der Waals surface area contributed by atoms with Crippen LogP contribution in [0.4, 0.5) is 13.2 Å². The number of nitrogens with one attached hydrogen (secondary N) is 1. The van der Waals surface area contributed by atoms with E-state index in [4.69, 9.17) is 14.6 Å². The highest BCUT2D eigenvalue weighted by atomic mass is 32.2. The zero-order chi connectivity index (χ0) is 32.9. The van der Waals surface area contributed by atoms with Crippen LogP contribution in [0.25, 0.3) is 0 Å². The normalized spacial score (nSPS) is 21.4. The Morgan fingerprint density at radius 2 is 1.42 bits per heavy atom. The zero-order valence-corrected chi connectivity index (χ0v) is 25.4. The van der Waals surface area contributed by atoms with Gasteiger partial charge in [0.05, 0.1) is 31.1 Å². The number of nitrogens with zero attached hydrogens (tertiary/aromatic N) is 1. The maximum Gasteiger partial charge on any atom is 0.430 e. The predicted molar refractivity (Wildman–Crippen MR) is 156 cm³/mol. The van der Waals surface area contributed by atoms with E-state index in [1.165, 1.54) is 0 Å². The molecule has 0 unspecified atom stereocenters. The second-order valence-electron chi connectivity index (χ2n) is 11.4. The number of alkyl halides is 3. The van der Waals surface area contributed by atoms with Crippen LogP contribution in [0.2, 0.25) is 0 Å². The molecule has 3 heterocycles. The number of carbonyl (C=O) groups excluding carboxylic acids is 2. The van der Waals surface area contributed by atoms with Crippen molar-refractivity contribution in [2.45, 2.75) is 42.5 Å². The average Bonchev–Trinajstić information content (AvgIpc) is 3.02. The van der Waals surface area contributed by atoms with Crippen LogP contribution in [-0.4, -0.2) is 75.0 Å². The molecule has 0 saturated carbocycles. The monoisotopic (exact) mass is 648 g/mol. The third-order valence-electron chi connectivity index (χ3n) is 8.42. The Labute approximate surface area is 259 Å². The van der Waals surface area contributed by atoms with Crippen molar-refractivity contribution in [2.24, 2.45) is 5.92 Å². The number of sulfonamides is 1. The minimum atomic E-state index is -5.19. The van der Waals surface area contributed by atoms with E-state index in [0.717, 1.165) is 31.5 Å². The lowest BCUT2D eigenvalue weighted by molar-refractivity contribution is -0.945. The Balaban J connectivity index is 0.000000591. The van der Waals surface area contributed by atoms with Crippen molar-refractivity contribution in [3.63, 3.8) is 0 Å². The number of fused-ring (bicyclic) bond motifs is 3. The predicted octanol–water partition coefficient (Wildman–Crippen LogP) is 2.66. The highest BCUT2D eigenvalue weighted by molar-refractivity contribution is 7.89. The quantitative estimate of drug-likeness (QED) is 0.269. The van der Waals surface area contributed by atoms with Gasteiger partial charge >= 0.3 is 12.1 Å². The van der Waals surface area contributed by atoms with Gasteiger partial charge in [-0.05, 0) is 30.2 Å². The van der Waals surface area contributed by atoms with E-state index in [0.29, 0.717) is 35.2 Å². The topological polar surface area (TPSA) is 133 Å². The van der Waals surface area contributed by atoms with Gasteiger partial charge in [-0.25, -0.2) is 17.9 Å². The fourth-order valence-corrected chi connectivity index (χ4v) is 6.89. The van der Waals surface area contributed by atoms with Gasteiger partial charge in [0.15, 0.2) is 6.10 Å². The lowest BCUT2D eigenvalue weighted by Crippen LogP contribution is -2.66. The molecule has 0 aromatic heterocycles. The van der Waals surface area contributed by atoms with Gasteiger partial charge in [-0.2, -0.15) is 13.2 Å². The van der Waals surface area contributed by atoms with Crippen molar-refractivity contribution >= 4 is 22.0 Å². The van der Waals surface area contributed by atoms with E-state index in [2.05, 4.69) is 4.72 Å². The first kappa shape index (κ1) is 34.1. The number of carboxylic acid groups (broad SMARTS) is 1. The van der Waals surface area contributed by atoms with Crippen LogP contribution >= 0.6 is 0 Å². The average molecular weight is 649 g/mol. The van der Waals surface area contributed by atoms with E-state index in [9.17, 15) is 31.5 Å². The highest BCUT2D eigenvalue weighted by Gasteiger charge is 2.50. The molecule has 9 nitrogen and oxygen atoms in total. The lowest BCUT2D eigenvalue weighted by atomic mass is 9.82. The van der Waals surface area contributed by atoms with Gasteiger partial charge in [0.2, 0.25) is 15.6 Å². The summed E-state index contributed by atoms with van der Waals surface area (Å²) in [5.41, 5.74) is 0.0209. The molecule has 2 bridgehead atoms. The standard InChI is InChI=1S/C30H35N2O5S.C2HF3O2/c1-23-12-14-27(15-13-23)38(35,36)31-18-21-32-19-16-24(17-20-32)28(22-32)37-29(33)30(34,25-8-4-2-5-9-25)26-10-6-3-7-11-26;3-2(4,5)1(6)7/h2-15,24,28,31,34H,16-22H2,1H3;(H,6,7)/q+1;/p-1/t24?,28-,32?;/m0./s1. The van der Waals surface area contributed by atoms with Gasteiger partial charge in [-0.3, -0.25) is 0 Å². The molecule has 3 fully saturated rings. The second kappa shape index (κ2) is 13.7. The molecule has 0 aliphatic carbocycles. The molecule has 2 N–H and O–H groups in total. The highest BCUT2D eigenvalue weighted by Crippen LogP contribution is 2.38. The first-order valence-corrected chi connectivity index (χ1v) is 15.9. The van der Waals surface area contributed by atoms with Crippen LogP contribution < -0.4 is 9.83 Å². The van der Waals surface area contributed by atoms with Gasteiger partial charge in [-0.15, -0.1) is 0 Å². The second-order valence-corrected chi connectivity index (χ2v) is 13.2. The van der Waals surface area contributed by atoms with Crippen molar-refractivity contribution in [1.82, 2.24) is 4.72 Å². The van der Waals surface area contributed by atoms with E-state index in [-0.39, 0.29) is 16.9 Å². The Kier molecular flexibility index (Phi) is 10.4. The molecular weight excluding hydrogens is 613 g/mol. The minimum Gasteiger partial charge on any atom is -0.542 e. The van der Waals surface area contributed by atoms with Gasteiger partial charge in [-0.1, -0.05) is 78.4 Å². The number of halogens is 3. The van der Waals surface area contributed by atoms with E-state index >= 15 is 0 Å². The summed E-state index contributed by atoms with van der Waals surface area (Å²) in [5, 5.41) is 20.6. The number of aliphatic hydroxyl groups is 1. The number of rotatable bonds is 9. The van der Waals surface area contributed by atoms with Crippen molar-refractivity contribution in [3.05, 3.63) is 102 Å². The summed E-state index contributed by atoms with van der Waals surface area (Å²) in [6.07, 6.45) is -3.73. The first-order chi connectivity index (χ1) is 21.2. The number of ether oxygens (including phenoxy) is 1. The van der Waals surface area contributed by atoms with Crippen LogP contribution in [0.3, 0.4) is 0 Å². The summed E-state index contributed by atoms with van der Waals surface area (Å²) in [5.74, 6) is -3.45. The summed E-state index contributed by atoms with van der Waals surface area (Å²) in [4.78, 5) is 22.7. The molecule has 242 valence electrons. The molecule has 0 amide bonds. The zero-order valence-electron chi connectivity index (χ0n) is 24.6. The molecule has 45 heavy (non-hydrogen) atoms. The first-order valence-electron chi connectivity index (χ1n) is 14.4. The summed E-state index contributed by atoms with van der Waals surface area (Å²) < 4.78 is 66.6. The van der Waals surface area contributed by atoms with Gasteiger partial charge in [0.1, 0.15) is 12.5 Å². The number of carboxylic acids is 1. The Morgan fingerprint density at radius 1 is 0.933 bits per heavy atom. The molecule has 3 aromatic carbocycles. The number of aryl methyl sites for hydroxylation is 1. The molecule has 6 rings (SSSR count). The number of carbonyl (C=O) groups is 2. The summed E-state index contributed by atoms with van der Waals surface area (Å²) in [7, 11) is -3.59. The molecule has 3 aliphatic heterocycles. The van der Waals surface area contributed by atoms with Crippen molar-refractivity contribution < 1.29 is 50.6 Å². The van der Waals surface area contributed by atoms with E-state index in [1.807, 2.05) is 19.1 Å². The van der Waals surface area contributed by atoms with E-state index < -0.39 is 33.7 Å². The molecule has 13 heteroatoms. The molecule has 1 atom stereocenters. The molecule has 0 spiro atoms. The van der Waals surface area contributed by atoms with Crippen LogP contribution in [0.5, 0.6) is 0 Å². The van der Waals surface area contributed by atoms with Gasteiger partial charge in [0, 0.05) is 18.8 Å². The number of benzene rings is 3. The van der Waals surface area contributed by atoms with Gasteiger partial charge < -0.3 is 24.2 Å². The molecule has 3 saturated heterocycles. The Morgan fingerprint density at radius 3 is 1.89 bits per heavy atom. The summed E-state index contributed by atoms with van der Waals surface area (Å²) in [6.45, 7) is 5.30. The van der Waals surface area contributed by atoms with Gasteiger partial charge in [0.25, 0.3) is 0 Å². The lowest BCUT2D eigenvalue weighted by Gasteiger charge is -2.52. The van der Waals surface area contributed by atoms with Crippen molar-refractivity contribution in [2.75, 3.05) is 32.7 Å². The number of quaternary nitrogens is 1. The van der Waals surface area contributed by atoms with E-state index in [1.54, 1.807) is 72.8 Å². The Bertz CT molecular complexity index is 1520.